The van der Waals surface area contributed by atoms with E-state index in [2.05, 4.69) is 44.9 Å². The van der Waals surface area contributed by atoms with Gasteiger partial charge in [0.05, 0.1) is 22.4 Å². The summed E-state index contributed by atoms with van der Waals surface area (Å²) in [4.78, 5) is 9.02. The van der Waals surface area contributed by atoms with Gasteiger partial charge in [-0.2, -0.15) is 0 Å². The van der Waals surface area contributed by atoms with Crippen molar-refractivity contribution in [1.29, 1.82) is 0 Å². The van der Waals surface area contributed by atoms with Crippen LogP contribution in [0.5, 0.6) is 0 Å². The number of anilines is 3. The lowest BCUT2D eigenvalue weighted by Gasteiger charge is -2.13. The number of nitrogens with zero attached hydrogens (tertiary/aromatic N) is 2. The first-order valence-corrected chi connectivity index (χ1v) is 8.19. The van der Waals surface area contributed by atoms with Crippen molar-refractivity contribution >= 4 is 38.9 Å². The molecule has 0 spiro atoms. The molecule has 4 N–H and O–H groups in total. The van der Waals surface area contributed by atoms with E-state index < -0.39 is 0 Å². The normalized spacial score (nSPS) is 10.9. The molecule has 25 heavy (non-hydrogen) atoms. The molecule has 0 amide bonds. The van der Waals surface area contributed by atoms with Crippen molar-refractivity contribution in [2.24, 2.45) is 0 Å². The van der Waals surface area contributed by atoms with Gasteiger partial charge in [-0.05, 0) is 42.0 Å². The SMILES string of the molecule is CNc1ccc(CNc2cc3cccnc3c3ncccc23)cc1N. The Kier molecular flexibility index (Phi) is 3.82. The third kappa shape index (κ3) is 2.80. The fourth-order valence-corrected chi connectivity index (χ4v) is 3.07. The van der Waals surface area contributed by atoms with E-state index in [1.807, 2.05) is 31.3 Å². The van der Waals surface area contributed by atoms with Crippen LogP contribution in [-0.2, 0) is 6.54 Å². The number of nitrogen functional groups attached to an aromatic ring is 1. The van der Waals surface area contributed by atoms with Crippen molar-refractivity contribution in [2.45, 2.75) is 6.54 Å². The summed E-state index contributed by atoms with van der Waals surface area (Å²) in [5.41, 5.74) is 11.7. The summed E-state index contributed by atoms with van der Waals surface area (Å²) in [5, 5.41) is 8.73. The molecule has 2 aromatic carbocycles. The number of benzene rings is 2. The maximum atomic E-state index is 6.06. The first-order valence-electron chi connectivity index (χ1n) is 8.19. The minimum Gasteiger partial charge on any atom is -0.397 e. The molecule has 2 aromatic heterocycles. The van der Waals surface area contributed by atoms with E-state index in [9.17, 15) is 0 Å². The molecule has 124 valence electrons. The van der Waals surface area contributed by atoms with Gasteiger partial charge in [-0.15, -0.1) is 0 Å². The van der Waals surface area contributed by atoms with Gasteiger partial charge >= 0.3 is 0 Å². The number of hydrogen-bond acceptors (Lipinski definition) is 5. The fourth-order valence-electron chi connectivity index (χ4n) is 3.07. The lowest BCUT2D eigenvalue weighted by molar-refractivity contribution is 1.16. The van der Waals surface area contributed by atoms with Crippen LogP contribution in [0.1, 0.15) is 5.56 Å². The minimum atomic E-state index is 0.684. The molecule has 4 rings (SSSR count). The van der Waals surface area contributed by atoms with E-state index in [0.717, 1.165) is 44.4 Å². The van der Waals surface area contributed by atoms with Crippen molar-refractivity contribution in [3.63, 3.8) is 0 Å². The summed E-state index contributed by atoms with van der Waals surface area (Å²) in [5.74, 6) is 0. The monoisotopic (exact) mass is 329 g/mol. The van der Waals surface area contributed by atoms with Gasteiger partial charge < -0.3 is 16.4 Å². The summed E-state index contributed by atoms with van der Waals surface area (Å²) in [6.07, 6.45) is 3.60. The molecule has 0 aliphatic rings. The van der Waals surface area contributed by atoms with Gasteiger partial charge in [-0.1, -0.05) is 12.1 Å². The van der Waals surface area contributed by atoms with Crippen molar-refractivity contribution in [3.8, 4) is 0 Å². The highest BCUT2D eigenvalue weighted by Gasteiger charge is 2.08. The summed E-state index contributed by atoms with van der Waals surface area (Å²) in [7, 11) is 1.87. The first kappa shape index (κ1) is 15.2. The molecule has 0 saturated carbocycles. The van der Waals surface area contributed by atoms with Gasteiger partial charge in [0.2, 0.25) is 0 Å². The molecule has 0 unspecified atom stereocenters. The molecule has 2 heterocycles. The van der Waals surface area contributed by atoms with Crippen LogP contribution in [0.4, 0.5) is 17.1 Å². The van der Waals surface area contributed by atoms with Gasteiger partial charge in [0.1, 0.15) is 0 Å². The Morgan fingerprint density at radius 1 is 0.920 bits per heavy atom. The van der Waals surface area contributed by atoms with Crippen LogP contribution >= 0.6 is 0 Å². The zero-order valence-electron chi connectivity index (χ0n) is 14.0. The summed E-state index contributed by atoms with van der Waals surface area (Å²) in [6, 6.07) is 16.2. The van der Waals surface area contributed by atoms with Gasteiger partial charge in [-0.3, -0.25) is 9.97 Å². The zero-order valence-corrected chi connectivity index (χ0v) is 14.0. The largest absolute Gasteiger partial charge is 0.397 e. The predicted octanol–water partition coefficient (Wildman–Crippen LogP) is 4.02. The van der Waals surface area contributed by atoms with E-state index in [1.54, 1.807) is 12.4 Å². The molecule has 0 radical (unpaired) electrons. The first-order chi connectivity index (χ1) is 12.3. The second-order valence-electron chi connectivity index (χ2n) is 5.92. The summed E-state index contributed by atoms with van der Waals surface area (Å²) >= 11 is 0. The van der Waals surface area contributed by atoms with Crippen LogP contribution in [0.25, 0.3) is 21.8 Å². The van der Waals surface area contributed by atoms with Gasteiger partial charge in [0.25, 0.3) is 0 Å². The van der Waals surface area contributed by atoms with Gasteiger partial charge in [0.15, 0.2) is 0 Å². The molecule has 0 atom stereocenters. The number of nitrogens with two attached hydrogens (primary N) is 1. The Hall–Kier alpha value is -3.34. The molecular weight excluding hydrogens is 310 g/mol. The zero-order chi connectivity index (χ0) is 17.2. The van der Waals surface area contributed by atoms with E-state index in [0.29, 0.717) is 6.54 Å². The fraction of sp³-hybridized carbons (Fsp3) is 0.100. The molecule has 0 bridgehead atoms. The van der Waals surface area contributed by atoms with Gasteiger partial charge in [-0.25, -0.2) is 0 Å². The molecule has 4 aromatic rings. The Morgan fingerprint density at radius 3 is 2.52 bits per heavy atom. The average Bonchev–Trinajstić information content (AvgIpc) is 2.66. The highest BCUT2D eigenvalue weighted by molar-refractivity contribution is 6.08. The Labute approximate surface area is 145 Å². The van der Waals surface area contributed by atoms with Crippen LogP contribution < -0.4 is 16.4 Å². The smallest absolute Gasteiger partial charge is 0.0985 e. The van der Waals surface area contributed by atoms with Crippen molar-refractivity contribution in [1.82, 2.24) is 9.97 Å². The highest BCUT2D eigenvalue weighted by atomic mass is 14.9. The molecule has 5 nitrogen and oxygen atoms in total. The van der Waals surface area contributed by atoms with Crippen molar-refractivity contribution < 1.29 is 0 Å². The average molecular weight is 329 g/mol. The lowest BCUT2D eigenvalue weighted by atomic mass is 10.1. The number of hydrogen-bond donors (Lipinski definition) is 3. The summed E-state index contributed by atoms with van der Waals surface area (Å²) < 4.78 is 0. The van der Waals surface area contributed by atoms with Crippen LogP contribution in [0.15, 0.2) is 60.9 Å². The van der Waals surface area contributed by atoms with Crippen LogP contribution in [0.2, 0.25) is 0 Å². The maximum Gasteiger partial charge on any atom is 0.0985 e. The molecule has 5 heteroatoms. The van der Waals surface area contributed by atoms with Crippen LogP contribution in [-0.4, -0.2) is 17.0 Å². The standard InChI is InChI=1S/C20H19N5/c1-22-17-7-6-13(10-16(17)21)12-25-18-11-14-4-2-8-23-19(14)20-15(18)5-3-9-24-20/h2-11,22,25H,12,21H2,1H3. The van der Waals surface area contributed by atoms with E-state index >= 15 is 0 Å². The molecule has 0 fully saturated rings. The molecule has 0 aliphatic carbocycles. The Bertz CT molecular complexity index is 1060. The van der Waals surface area contributed by atoms with Gasteiger partial charge in [0, 0.05) is 42.4 Å². The van der Waals surface area contributed by atoms with E-state index in [1.165, 1.54) is 0 Å². The number of pyridine rings is 2. The highest BCUT2D eigenvalue weighted by Crippen LogP contribution is 2.29. The molecule has 0 saturated heterocycles. The third-order valence-corrected chi connectivity index (χ3v) is 4.33. The maximum absolute atomic E-state index is 6.06. The molecular formula is C20H19N5. The van der Waals surface area contributed by atoms with Crippen molar-refractivity contribution in [3.05, 3.63) is 66.5 Å². The number of fused-ring (bicyclic) bond motifs is 3. The van der Waals surface area contributed by atoms with E-state index in [4.69, 9.17) is 5.73 Å². The molecule has 0 aliphatic heterocycles. The van der Waals surface area contributed by atoms with Crippen molar-refractivity contribution in [2.75, 3.05) is 23.4 Å². The predicted molar refractivity (Wildman–Crippen MR) is 105 cm³/mol. The quantitative estimate of drug-likeness (QED) is 0.389. The van der Waals surface area contributed by atoms with E-state index in [-0.39, 0.29) is 0 Å². The second-order valence-corrected chi connectivity index (χ2v) is 5.92. The van der Waals surface area contributed by atoms with Crippen LogP contribution in [0, 0.1) is 0 Å². The lowest BCUT2D eigenvalue weighted by Crippen LogP contribution is -2.03. The number of rotatable bonds is 4. The number of nitrogens with one attached hydrogen (secondary N) is 2. The topological polar surface area (TPSA) is 75.9 Å². The second kappa shape index (κ2) is 6.28. The Morgan fingerprint density at radius 2 is 1.72 bits per heavy atom. The van der Waals surface area contributed by atoms with Crippen LogP contribution in [0.3, 0.4) is 0 Å². The third-order valence-electron chi connectivity index (χ3n) is 4.33. The minimum absolute atomic E-state index is 0.684. The number of aromatic nitrogens is 2. The Balaban J connectivity index is 1.72. The summed E-state index contributed by atoms with van der Waals surface area (Å²) in [6.45, 7) is 0.684.